The minimum absolute atomic E-state index is 0.609. The van der Waals surface area contributed by atoms with Crippen molar-refractivity contribution in [2.24, 2.45) is 5.92 Å². The van der Waals surface area contributed by atoms with Gasteiger partial charge in [-0.3, -0.25) is 0 Å². The summed E-state index contributed by atoms with van der Waals surface area (Å²) >= 11 is 1.94. The first-order valence-corrected chi connectivity index (χ1v) is 7.34. The smallest absolute Gasteiger partial charge is 0.0359 e. The maximum Gasteiger partial charge on any atom is 0.0359 e. The van der Waals surface area contributed by atoms with E-state index in [0.717, 1.165) is 12.5 Å². The van der Waals surface area contributed by atoms with E-state index in [0.29, 0.717) is 6.04 Å². The molecule has 1 aliphatic carbocycles. The molecule has 0 aliphatic heterocycles. The predicted molar refractivity (Wildman–Crippen MR) is 72.2 cm³/mol. The van der Waals surface area contributed by atoms with Gasteiger partial charge in [-0.15, -0.1) is 11.3 Å². The molecule has 0 bridgehead atoms. The summed E-state index contributed by atoms with van der Waals surface area (Å²) in [7, 11) is 0. The summed E-state index contributed by atoms with van der Waals surface area (Å²) < 4.78 is 0. The second-order valence-electron chi connectivity index (χ2n) is 4.95. The highest BCUT2D eigenvalue weighted by Gasteiger charge is 2.27. The summed E-state index contributed by atoms with van der Waals surface area (Å²) in [5.41, 5.74) is 1.57. The normalized spacial score (nSPS) is 19.2. The lowest BCUT2D eigenvalue weighted by atomic mass is 9.92. The topological polar surface area (TPSA) is 12.0 Å². The van der Waals surface area contributed by atoms with Gasteiger partial charge < -0.3 is 5.32 Å². The van der Waals surface area contributed by atoms with Crippen molar-refractivity contribution in [1.82, 2.24) is 5.32 Å². The molecule has 2 heteroatoms. The largest absolute Gasteiger partial charge is 0.310 e. The average molecular weight is 237 g/mol. The average Bonchev–Trinajstić information content (AvgIpc) is 2.85. The molecule has 90 valence electrons. The lowest BCUT2D eigenvalue weighted by Gasteiger charge is -2.24. The molecule has 1 saturated carbocycles. The molecule has 0 saturated heterocycles. The molecule has 1 aromatic rings. The Bertz CT molecular complexity index is 337. The zero-order valence-electron chi connectivity index (χ0n) is 10.7. The first-order chi connectivity index (χ1) is 7.72. The van der Waals surface area contributed by atoms with E-state index in [-0.39, 0.29) is 0 Å². The van der Waals surface area contributed by atoms with Gasteiger partial charge in [0.25, 0.3) is 0 Å². The molecule has 1 heterocycles. The van der Waals surface area contributed by atoms with Gasteiger partial charge in [0.2, 0.25) is 0 Å². The van der Waals surface area contributed by atoms with Gasteiger partial charge in [0.1, 0.15) is 0 Å². The molecule has 1 aromatic heterocycles. The number of hydrogen-bond acceptors (Lipinski definition) is 2. The number of hydrogen-bond donors (Lipinski definition) is 1. The van der Waals surface area contributed by atoms with E-state index < -0.39 is 0 Å². The van der Waals surface area contributed by atoms with E-state index in [9.17, 15) is 0 Å². The molecule has 1 nitrogen and oxygen atoms in total. The van der Waals surface area contributed by atoms with Crippen molar-refractivity contribution < 1.29 is 0 Å². The highest BCUT2D eigenvalue weighted by Crippen LogP contribution is 2.38. The number of rotatable bonds is 4. The van der Waals surface area contributed by atoms with Crippen LogP contribution in [0.4, 0.5) is 0 Å². The van der Waals surface area contributed by atoms with Gasteiger partial charge in [0, 0.05) is 15.8 Å². The number of thiophene rings is 1. The van der Waals surface area contributed by atoms with Crippen LogP contribution < -0.4 is 5.32 Å². The van der Waals surface area contributed by atoms with Crippen LogP contribution in [0.5, 0.6) is 0 Å². The second-order valence-corrected chi connectivity index (χ2v) is 6.41. The Morgan fingerprint density at radius 3 is 2.56 bits per heavy atom. The molecule has 0 aromatic carbocycles. The fourth-order valence-electron chi connectivity index (χ4n) is 3.00. The van der Waals surface area contributed by atoms with E-state index in [1.54, 1.807) is 5.56 Å². The summed E-state index contributed by atoms with van der Waals surface area (Å²) in [4.78, 5) is 2.96. The third kappa shape index (κ3) is 2.49. The van der Waals surface area contributed by atoms with Crippen LogP contribution in [-0.4, -0.2) is 6.54 Å². The van der Waals surface area contributed by atoms with Gasteiger partial charge in [-0.05, 0) is 50.8 Å². The van der Waals surface area contributed by atoms with Gasteiger partial charge in [0.05, 0.1) is 0 Å². The Balaban J connectivity index is 2.20. The van der Waals surface area contributed by atoms with Crippen molar-refractivity contribution in [1.29, 1.82) is 0 Å². The van der Waals surface area contributed by atoms with E-state index in [2.05, 4.69) is 32.2 Å². The third-order valence-electron chi connectivity index (χ3n) is 3.71. The fourth-order valence-corrected chi connectivity index (χ4v) is 3.97. The predicted octanol–water partition coefficient (Wildman–Crippen LogP) is 4.21. The molecular formula is C14H23NS. The van der Waals surface area contributed by atoms with Crippen molar-refractivity contribution in [3.8, 4) is 0 Å². The van der Waals surface area contributed by atoms with Crippen LogP contribution in [0.3, 0.4) is 0 Å². The second kappa shape index (κ2) is 5.33. The SMILES string of the molecule is CCNC(c1cc(C)sc1C)C1CCCC1. The Morgan fingerprint density at radius 2 is 2.06 bits per heavy atom. The molecule has 1 atom stereocenters. The van der Waals surface area contributed by atoms with E-state index in [1.165, 1.54) is 35.4 Å². The van der Waals surface area contributed by atoms with Crippen molar-refractivity contribution >= 4 is 11.3 Å². The Hall–Kier alpha value is -0.340. The maximum atomic E-state index is 3.70. The summed E-state index contributed by atoms with van der Waals surface area (Å²) in [5.74, 6) is 0.868. The van der Waals surface area contributed by atoms with Crippen molar-refractivity contribution in [2.75, 3.05) is 6.54 Å². The molecular weight excluding hydrogens is 214 g/mol. The monoisotopic (exact) mass is 237 g/mol. The van der Waals surface area contributed by atoms with Gasteiger partial charge in [-0.1, -0.05) is 19.8 Å². The zero-order valence-corrected chi connectivity index (χ0v) is 11.5. The lowest BCUT2D eigenvalue weighted by Crippen LogP contribution is -2.27. The molecule has 1 aliphatic rings. The third-order valence-corrected chi connectivity index (χ3v) is 4.69. The number of nitrogens with one attached hydrogen (secondary N) is 1. The van der Waals surface area contributed by atoms with Crippen LogP contribution in [0, 0.1) is 19.8 Å². The Morgan fingerprint density at radius 1 is 1.38 bits per heavy atom. The first kappa shape index (κ1) is 12.1. The van der Waals surface area contributed by atoms with Crippen LogP contribution in [0.2, 0.25) is 0 Å². The van der Waals surface area contributed by atoms with E-state index in [4.69, 9.17) is 0 Å². The highest BCUT2D eigenvalue weighted by molar-refractivity contribution is 7.12. The molecule has 1 fully saturated rings. The lowest BCUT2D eigenvalue weighted by molar-refractivity contribution is 0.374. The quantitative estimate of drug-likeness (QED) is 0.827. The summed E-state index contributed by atoms with van der Waals surface area (Å²) in [6.45, 7) is 7.79. The zero-order chi connectivity index (χ0) is 11.5. The van der Waals surface area contributed by atoms with Gasteiger partial charge in [-0.25, -0.2) is 0 Å². The van der Waals surface area contributed by atoms with Gasteiger partial charge in [0.15, 0.2) is 0 Å². The maximum absolute atomic E-state index is 3.70. The molecule has 16 heavy (non-hydrogen) atoms. The fraction of sp³-hybridized carbons (Fsp3) is 0.714. The summed E-state index contributed by atoms with van der Waals surface area (Å²) in [6.07, 6.45) is 5.67. The molecule has 0 spiro atoms. The van der Waals surface area contributed by atoms with Crippen LogP contribution >= 0.6 is 11.3 Å². The molecule has 1 unspecified atom stereocenters. The summed E-state index contributed by atoms with van der Waals surface area (Å²) in [6, 6.07) is 3.00. The molecule has 0 radical (unpaired) electrons. The van der Waals surface area contributed by atoms with Crippen molar-refractivity contribution in [2.45, 2.75) is 52.5 Å². The van der Waals surface area contributed by atoms with Crippen LogP contribution in [0.25, 0.3) is 0 Å². The van der Waals surface area contributed by atoms with E-state index in [1.807, 2.05) is 11.3 Å². The minimum atomic E-state index is 0.609. The van der Waals surface area contributed by atoms with Crippen LogP contribution in [0.15, 0.2) is 6.07 Å². The molecule has 2 rings (SSSR count). The van der Waals surface area contributed by atoms with Crippen LogP contribution in [-0.2, 0) is 0 Å². The first-order valence-electron chi connectivity index (χ1n) is 6.52. The number of aryl methyl sites for hydroxylation is 2. The minimum Gasteiger partial charge on any atom is -0.310 e. The Labute approximate surface area is 103 Å². The van der Waals surface area contributed by atoms with Crippen molar-refractivity contribution in [3.63, 3.8) is 0 Å². The molecule has 1 N–H and O–H groups in total. The molecule has 0 amide bonds. The highest BCUT2D eigenvalue weighted by atomic mass is 32.1. The van der Waals surface area contributed by atoms with Gasteiger partial charge in [-0.2, -0.15) is 0 Å². The van der Waals surface area contributed by atoms with E-state index >= 15 is 0 Å². The Kier molecular flexibility index (Phi) is 4.04. The summed E-state index contributed by atoms with van der Waals surface area (Å²) in [5, 5.41) is 3.70. The standard InChI is InChI=1S/C14H23NS/c1-4-15-14(12-7-5-6-8-12)13-9-10(2)16-11(13)3/h9,12,14-15H,4-8H2,1-3H3. The van der Waals surface area contributed by atoms with Crippen molar-refractivity contribution in [3.05, 3.63) is 21.4 Å². The van der Waals surface area contributed by atoms with Crippen LogP contribution in [0.1, 0.15) is 54.0 Å². The van der Waals surface area contributed by atoms with Gasteiger partial charge >= 0.3 is 0 Å².